The molecule has 0 fully saturated rings. The first kappa shape index (κ1) is 15.6. The van der Waals surface area contributed by atoms with Crippen molar-refractivity contribution in [1.29, 1.82) is 0 Å². The summed E-state index contributed by atoms with van der Waals surface area (Å²) < 4.78 is 5.30. The maximum absolute atomic E-state index is 5.30. The zero-order chi connectivity index (χ0) is 15.4. The lowest BCUT2D eigenvalue weighted by atomic mass is 9.98. The third kappa shape index (κ3) is 3.85. The van der Waals surface area contributed by atoms with Gasteiger partial charge in [0.2, 0.25) is 0 Å². The minimum absolute atomic E-state index is 0.274. The first-order valence-corrected chi connectivity index (χ1v) is 7.48. The van der Waals surface area contributed by atoms with Crippen molar-refractivity contribution in [2.45, 2.75) is 39.8 Å². The molecule has 0 heterocycles. The van der Waals surface area contributed by atoms with E-state index in [0.717, 1.165) is 5.75 Å². The first-order chi connectivity index (χ1) is 10.0. The van der Waals surface area contributed by atoms with Crippen LogP contribution in [0.15, 0.2) is 42.5 Å². The summed E-state index contributed by atoms with van der Waals surface area (Å²) in [5.41, 5.74) is 5.25. The molecule has 2 aromatic rings. The Labute approximate surface area is 128 Å². The van der Waals surface area contributed by atoms with Crippen LogP contribution < -0.4 is 10.1 Å². The fourth-order valence-electron chi connectivity index (χ4n) is 2.78. The lowest BCUT2D eigenvalue weighted by Crippen LogP contribution is -2.23. The van der Waals surface area contributed by atoms with Gasteiger partial charge < -0.3 is 10.1 Å². The van der Waals surface area contributed by atoms with E-state index in [4.69, 9.17) is 4.74 Å². The Morgan fingerprint density at radius 3 is 2.38 bits per heavy atom. The van der Waals surface area contributed by atoms with Crippen LogP contribution in [0.4, 0.5) is 0 Å². The molecule has 0 aliphatic rings. The Hall–Kier alpha value is -1.80. The molecule has 0 saturated carbocycles. The molecule has 1 unspecified atom stereocenters. The number of benzene rings is 2. The second kappa shape index (κ2) is 6.77. The molecule has 0 saturated heterocycles. The second-order valence-electron chi connectivity index (χ2n) is 5.75. The number of methoxy groups -OCH3 is 1. The molecule has 0 spiro atoms. The highest BCUT2D eigenvalue weighted by Gasteiger charge is 2.13. The Morgan fingerprint density at radius 1 is 0.952 bits per heavy atom. The number of hydrogen-bond donors (Lipinski definition) is 1. The van der Waals surface area contributed by atoms with Crippen LogP contribution in [0.5, 0.6) is 5.75 Å². The molecule has 2 heteroatoms. The van der Waals surface area contributed by atoms with Gasteiger partial charge in [-0.1, -0.05) is 35.9 Å². The molecule has 0 aromatic heterocycles. The third-order valence-electron chi connectivity index (χ3n) is 3.99. The quantitative estimate of drug-likeness (QED) is 0.857. The van der Waals surface area contributed by atoms with Crippen LogP contribution in [0.3, 0.4) is 0 Å². The molecule has 0 radical (unpaired) electrons. The van der Waals surface area contributed by atoms with Crippen molar-refractivity contribution >= 4 is 0 Å². The van der Waals surface area contributed by atoms with Gasteiger partial charge in [-0.15, -0.1) is 0 Å². The van der Waals surface area contributed by atoms with Crippen LogP contribution in [0.25, 0.3) is 0 Å². The molecule has 2 nitrogen and oxygen atoms in total. The van der Waals surface area contributed by atoms with E-state index in [1.54, 1.807) is 7.11 Å². The Balaban J connectivity index is 2.12. The summed E-state index contributed by atoms with van der Waals surface area (Å²) >= 11 is 0. The third-order valence-corrected chi connectivity index (χ3v) is 3.99. The van der Waals surface area contributed by atoms with Crippen LogP contribution in [-0.2, 0) is 0 Å². The summed E-state index contributed by atoms with van der Waals surface area (Å²) in [4.78, 5) is 0. The van der Waals surface area contributed by atoms with E-state index in [0.29, 0.717) is 6.04 Å². The molecular weight excluding hydrogens is 258 g/mol. The van der Waals surface area contributed by atoms with E-state index in [2.05, 4.69) is 63.3 Å². The monoisotopic (exact) mass is 283 g/mol. The van der Waals surface area contributed by atoms with E-state index in [-0.39, 0.29) is 6.04 Å². The highest BCUT2D eigenvalue weighted by Crippen LogP contribution is 2.24. The Morgan fingerprint density at radius 2 is 1.71 bits per heavy atom. The highest BCUT2D eigenvalue weighted by atomic mass is 16.5. The molecule has 0 aliphatic heterocycles. The van der Waals surface area contributed by atoms with Crippen molar-refractivity contribution in [3.63, 3.8) is 0 Å². The molecule has 0 aliphatic carbocycles. The van der Waals surface area contributed by atoms with Gasteiger partial charge in [-0.25, -0.2) is 0 Å². The fourth-order valence-corrected chi connectivity index (χ4v) is 2.78. The predicted molar refractivity (Wildman–Crippen MR) is 88.9 cm³/mol. The van der Waals surface area contributed by atoms with Gasteiger partial charge in [0.15, 0.2) is 0 Å². The number of nitrogens with one attached hydrogen (secondary N) is 1. The van der Waals surface area contributed by atoms with Gasteiger partial charge in [0.25, 0.3) is 0 Å². The second-order valence-corrected chi connectivity index (χ2v) is 5.75. The van der Waals surface area contributed by atoms with Gasteiger partial charge in [-0.05, 0) is 56.5 Å². The number of rotatable bonds is 5. The average molecular weight is 283 g/mol. The molecule has 2 aromatic carbocycles. The van der Waals surface area contributed by atoms with Gasteiger partial charge in [0.1, 0.15) is 5.75 Å². The van der Waals surface area contributed by atoms with Gasteiger partial charge >= 0.3 is 0 Å². The first-order valence-electron chi connectivity index (χ1n) is 7.48. The van der Waals surface area contributed by atoms with Crippen molar-refractivity contribution in [3.05, 3.63) is 64.7 Å². The zero-order valence-electron chi connectivity index (χ0n) is 13.6. The topological polar surface area (TPSA) is 21.3 Å². The van der Waals surface area contributed by atoms with Crippen LogP contribution >= 0.6 is 0 Å². The summed E-state index contributed by atoms with van der Waals surface area (Å²) in [5.74, 6) is 0.903. The smallest absolute Gasteiger partial charge is 0.119 e. The molecule has 0 bridgehead atoms. The molecular formula is C19H25NO. The normalized spacial score (nSPS) is 13.8. The van der Waals surface area contributed by atoms with Crippen LogP contribution in [-0.4, -0.2) is 7.11 Å². The van der Waals surface area contributed by atoms with Crippen molar-refractivity contribution in [2.24, 2.45) is 0 Å². The molecule has 112 valence electrons. The number of hydrogen-bond acceptors (Lipinski definition) is 2. The van der Waals surface area contributed by atoms with Crippen LogP contribution in [0.2, 0.25) is 0 Å². The summed E-state index contributed by atoms with van der Waals surface area (Å²) in [7, 11) is 1.70. The highest BCUT2D eigenvalue weighted by molar-refractivity contribution is 5.34. The summed E-state index contributed by atoms with van der Waals surface area (Å²) in [6.45, 7) is 8.72. The van der Waals surface area contributed by atoms with Gasteiger partial charge in [-0.2, -0.15) is 0 Å². The zero-order valence-corrected chi connectivity index (χ0v) is 13.6. The van der Waals surface area contributed by atoms with E-state index < -0.39 is 0 Å². The fraction of sp³-hybridized carbons (Fsp3) is 0.368. The van der Waals surface area contributed by atoms with Gasteiger partial charge in [-0.3, -0.25) is 0 Å². The molecule has 1 N–H and O–H groups in total. The lowest BCUT2D eigenvalue weighted by Gasteiger charge is -2.22. The van der Waals surface area contributed by atoms with E-state index >= 15 is 0 Å². The molecule has 2 rings (SSSR count). The maximum atomic E-state index is 5.30. The van der Waals surface area contributed by atoms with Crippen LogP contribution in [0, 0.1) is 13.8 Å². The lowest BCUT2D eigenvalue weighted by molar-refractivity contribution is 0.412. The maximum Gasteiger partial charge on any atom is 0.119 e. The number of aryl methyl sites for hydroxylation is 2. The van der Waals surface area contributed by atoms with Crippen LogP contribution in [0.1, 0.15) is 48.2 Å². The van der Waals surface area contributed by atoms with Gasteiger partial charge in [0.05, 0.1) is 7.11 Å². The average Bonchev–Trinajstić information content (AvgIpc) is 2.47. The predicted octanol–water partition coefficient (Wildman–Crippen LogP) is 4.72. The molecule has 21 heavy (non-hydrogen) atoms. The largest absolute Gasteiger partial charge is 0.497 e. The van der Waals surface area contributed by atoms with E-state index in [1.165, 1.54) is 22.3 Å². The molecule has 0 amide bonds. The van der Waals surface area contributed by atoms with Gasteiger partial charge in [0, 0.05) is 12.1 Å². The summed E-state index contributed by atoms with van der Waals surface area (Å²) in [6, 6.07) is 15.5. The van der Waals surface area contributed by atoms with E-state index in [9.17, 15) is 0 Å². The van der Waals surface area contributed by atoms with Crippen molar-refractivity contribution in [1.82, 2.24) is 5.32 Å². The standard InChI is InChI=1S/C19H25NO/c1-13-9-10-19(14(2)11-13)16(4)20-15(3)17-7-6-8-18(12-17)21-5/h6-12,15-16,20H,1-5H3/t15-,16?/m0/s1. The summed E-state index contributed by atoms with van der Waals surface area (Å²) in [6.07, 6.45) is 0. The van der Waals surface area contributed by atoms with Crippen molar-refractivity contribution < 1.29 is 4.74 Å². The minimum Gasteiger partial charge on any atom is -0.497 e. The minimum atomic E-state index is 0.274. The van der Waals surface area contributed by atoms with E-state index in [1.807, 2.05) is 12.1 Å². The van der Waals surface area contributed by atoms with Crippen molar-refractivity contribution in [2.75, 3.05) is 7.11 Å². The number of ether oxygens (including phenoxy) is 1. The molecule has 2 atom stereocenters. The van der Waals surface area contributed by atoms with Crippen molar-refractivity contribution in [3.8, 4) is 5.75 Å². The SMILES string of the molecule is COc1cccc([C@H](C)NC(C)c2ccc(C)cc2C)c1. The summed E-state index contributed by atoms with van der Waals surface area (Å²) in [5, 5.41) is 3.67. The Kier molecular flexibility index (Phi) is 5.03. The Bertz CT molecular complexity index is 606.